The summed E-state index contributed by atoms with van der Waals surface area (Å²) < 4.78 is 1.71. The Labute approximate surface area is 133 Å². The fourth-order valence-corrected chi connectivity index (χ4v) is 3.07. The molecule has 0 bridgehead atoms. The summed E-state index contributed by atoms with van der Waals surface area (Å²) in [6, 6.07) is 5.52. The molecule has 1 aromatic carbocycles. The average molecular weight is 438 g/mol. The summed E-state index contributed by atoms with van der Waals surface area (Å²) in [5.74, 6) is -0.942. The molecule has 1 aromatic rings. The Morgan fingerprint density at radius 1 is 1.47 bits per heavy atom. The van der Waals surface area contributed by atoms with E-state index in [4.69, 9.17) is 0 Å². The van der Waals surface area contributed by atoms with Crippen molar-refractivity contribution in [3.05, 3.63) is 31.8 Å². The van der Waals surface area contributed by atoms with Crippen molar-refractivity contribution in [2.45, 2.75) is 13.3 Å². The van der Waals surface area contributed by atoms with Crippen molar-refractivity contribution >= 4 is 50.4 Å². The summed E-state index contributed by atoms with van der Waals surface area (Å²) >= 11 is 5.47. The van der Waals surface area contributed by atoms with Gasteiger partial charge in [-0.1, -0.05) is 15.9 Å². The fourth-order valence-electron chi connectivity index (χ4n) is 2.14. The van der Waals surface area contributed by atoms with Crippen molar-refractivity contribution in [1.82, 2.24) is 4.90 Å². The van der Waals surface area contributed by atoms with E-state index in [1.807, 2.05) is 12.1 Å². The van der Waals surface area contributed by atoms with Gasteiger partial charge in [0.15, 0.2) is 0 Å². The van der Waals surface area contributed by atoms with E-state index in [0.717, 1.165) is 8.04 Å². The Hall–Kier alpha value is -0.630. The first-order valence-corrected chi connectivity index (χ1v) is 7.68. The van der Waals surface area contributed by atoms with Gasteiger partial charge >= 0.3 is 5.97 Å². The van der Waals surface area contributed by atoms with Gasteiger partial charge in [-0.15, -0.1) is 0 Å². The van der Waals surface area contributed by atoms with E-state index >= 15 is 0 Å². The van der Waals surface area contributed by atoms with Gasteiger partial charge in [-0.05, 0) is 54.1 Å². The Bertz CT molecular complexity index is 549. The molecule has 1 aliphatic rings. The van der Waals surface area contributed by atoms with Crippen LogP contribution in [0.4, 0.5) is 0 Å². The molecule has 1 amide bonds. The quantitative estimate of drug-likeness (QED) is 0.723. The Kier molecular flexibility index (Phi) is 4.20. The number of carbonyl (C=O) groups excluding carboxylic acids is 1. The molecular weight excluding hydrogens is 425 g/mol. The number of rotatable bonds is 2. The molecule has 2 rings (SSSR count). The highest BCUT2D eigenvalue weighted by Gasteiger charge is 2.42. The van der Waals surface area contributed by atoms with Crippen LogP contribution in [-0.4, -0.2) is 35.0 Å². The molecule has 102 valence electrons. The molecule has 1 atom stereocenters. The molecule has 4 nitrogen and oxygen atoms in total. The second-order valence-corrected chi connectivity index (χ2v) is 7.04. The van der Waals surface area contributed by atoms with E-state index in [-0.39, 0.29) is 12.5 Å². The number of carboxylic acids is 1. The predicted octanol–water partition coefficient (Wildman–Crippen LogP) is 2.99. The molecule has 1 fully saturated rings. The van der Waals surface area contributed by atoms with Gasteiger partial charge in [-0.3, -0.25) is 9.59 Å². The van der Waals surface area contributed by atoms with E-state index in [1.165, 1.54) is 0 Å². The van der Waals surface area contributed by atoms with Crippen molar-refractivity contribution in [2.24, 2.45) is 5.41 Å². The van der Waals surface area contributed by atoms with Gasteiger partial charge in [-0.25, -0.2) is 0 Å². The molecule has 1 unspecified atom stereocenters. The number of nitrogens with zero attached hydrogens (tertiary/aromatic N) is 1. The van der Waals surface area contributed by atoms with E-state index in [2.05, 4.69) is 38.5 Å². The van der Waals surface area contributed by atoms with Crippen LogP contribution in [0.15, 0.2) is 22.7 Å². The first-order valence-electron chi connectivity index (χ1n) is 5.81. The first kappa shape index (κ1) is 14.8. The second-order valence-electron chi connectivity index (χ2n) is 4.97. The van der Waals surface area contributed by atoms with Crippen molar-refractivity contribution in [2.75, 3.05) is 13.1 Å². The van der Waals surface area contributed by atoms with Crippen LogP contribution in [0.2, 0.25) is 0 Å². The highest BCUT2D eigenvalue weighted by Crippen LogP contribution is 2.32. The molecule has 6 heteroatoms. The minimum absolute atomic E-state index is 0.101. The maximum absolute atomic E-state index is 12.4. The highest BCUT2D eigenvalue weighted by atomic mass is 127. The third-order valence-electron chi connectivity index (χ3n) is 3.44. The smallest absolute Gasteiger partial charge is 0.311 e. The van der Waals surface area contributed by atoms with E-state index in [0.29, 0.717) is 18.5 Å². The predicted molar refractivity (Wildman–Crippen MR) is 83.1 cm³/mol. The largest absolute Gasteiger partial charge is 0.481 e. The monoisotopic (exact) mass is 437 g/mol. The summed E-state index contributed by atoms with van der Waals surface area (Å²) in [4.78, 5) is 25.3. The molecule has 1 N–H and O–H groups in total. The fraction of sp³-hybridized carbons (Fsp3) is 0.385. The van der Waals surface area contributed by atoms with Gasteiger partial charge < -0.3 is 10.0 Å². The maximum atomic E-state index is 12.4. The molecule has 1 aliphatic heterocycles. The van der Waals surface area contributed by atoms with E-state index < -0.39 is 11.4 Å². The third kappa shape index (κ3) is 2.94. The van der Waals surface area contributed by atoms with Crippen molar-refractivity contribution in [1.29, 1.82) is 0 Å². The lowest BCUT2D eigenvalue weighted by molar-refractivity contribution is -0.147. The Morgan fingerprint density at radius 2 is 2.16 bits per heavy atom. The summed E-state index contributed by atoms with van der Waals surface area (Å²) in [6.45, 7) is 2.45. The highest BCUT2D eigenvalue weighted by molar-refractivity contribution is 14.1. The van der Waals surface area contributed by atoms with Crippen LogP contribution >= 0.6 is 38.5 Å². The molecule has 0 aromatic heterocycles. The van der Waals surface area contributed by atoms with Crippen LogP contribution in [0.3, 0.4) is 0 Å². The second kappa shape index (κ2) is 5.40. The lowest BCUT2D eigenvalue weighted by Gasteiger charge is -2.20. The number of hydrogen-bond donors (Lipinski definition) is 1. The van der Waals surface area contributed by atoms with Gasteiger partial charge in [0.2, 0.25) is 0 Å². The number of hydrogen-bond acceptors (Lipinski definition) is 2. The number of halogens is 2. The zero-order chi connectivity index (χ0) is 14.2. The maximum Gasteiger partial charge on any atom is 0.311 e. The average Bonchev–Trinajstić information content (AvgIpc) is 2.76. The number of amides is 1. The van der Waals surface area contributed by atoms with Crippen LogP contribution < -0.4 is 0 Å². The van der Waals surface area contributed by atoms with Crippen molar-refractivity contribution < 1.29 is 14.7 Å². The Balaban J connectivity index is 2.22. The molecule has 19 heavy (non-hydrogen) atoms. The van der Waals surface area contributed by atoms with Gasteiger partial charge in [0.1, 0.15) is 0 Å². The lowest BCUT2D eigenvalue weighted by Crippen LogP contribution is -2.35. The summed E-state index contributed by atoms with van der Waals surface area (Å²) in [6.07, 6.45) is 0.499. The summed E-state index contributed by atoms with van der Waals surface area (Å²) in [7, 11) is 0. The van der Waals surface area contributed by atoms with Crippen LogP contribution in [0.5, 0.6) is 0 Å². The lowest BCUT2D eigenvalue weighted by atomic mass is 9.90. The summed E-state index contributed by atoms with van der Waals surface area (Å²) in [5.41, 5.74) is -0.211. The molecule has 1 heterocycles. The zero-order valence-corrected chi connectivity index (χ0v) is 14.1. The molecular formula is C13H13BrINO3. The zero-order valence-electron chi connectivity index (χ0n) is 10.3. The van der Waals surface area contributed by atoms with E-state index in [1.54, 1.807) is 17.9 Å². The number of carbonyl (C=O) groups is 2. The Morgan fingerprint density at radius 3 is 2.74 bits per heavy atom. The molecule has 0 saturated carbocycles. The normalized spacial score (nSPS) is 22.6. The van der Waals surface area contributed by atoms with Crippen molar-refractivity contribution in [3.63, 3.8) is 0 Å². The molecule has 0 radical (unpaired) electrons. The van der Waals surface area contributed by atoms with Gasteiger partial charge in [0.25, 0.3) is 5.91 Å². The van der Waals surface area contributed by atoms with Gasteiger partial charge in [-0.2, -0.15) is 0 Å². The first-order chi connectivity index (χ1) is 8.83. The van der Waals surface area contributed by atoms with Crippen LogP contribution in [0, 0.1) is 8.99 Å². The number of likely N-dealkylation sites (tertiary alicyclic amines) is 1. The minimum Gasteiger partial charge on any atom is -0.481 e. The number of aliphatic carboxylic acids is 1. The van der Waals surface area contributed by atoms with Crippen molar-refractivity contribution in [3.8, 4) is 0 Å². The minimum atomic E-state index is -0.841. The summed E-state index contributed by atoms with van der Waals surface area (Å²) in [5, 5.41) is 9.19. The van der Waals surface area contributed by atoms with Crippen LogP contribution in [0.25, 0.3) is 0 Å². The van der Waals surface area contributed by atoms with Crippen LogP contribution in [0.1, 0.15) is 23.7 Å². The van der Waals surface area contributed by atoms with Gasteiger partial charge in [0.05, 0.1) is 11.0 Å². The van der Waals surface area contributed by atoms with Crippen LogP contribution in [-0.2, 0) is 4.79 Å². The standard InChI is InChI=1S/C13H13BrINO3/c1-13(12(18)19)4-5-16(7-13)11(17)9-6-8(14)2-3-10(9)15/h2-3,6H,4-5,7H2,1H3,(H,18,19). The van der Waals surface area contributed by atoms with E-state index in [9.17, 15) is 14.7 Å². The third-order valence-corrected chi connectivity index (χ3v) is 4.87. The topological polar surface area (TPSA) is 57.6 Å². The molecule has 0 spiro atoms. The van der Waals surface area contributed by atoms with Gasteiger partial charge in [0, 0.05) is 21.1 Å². The SMILES string of the molecule is CC1(C(=O)O)CCN(C(=O)c2cc(Br)ccc2I)C1. The number of carboxylic acid groups (broad SMARTS) is 1. The number of benzene rings is 1. The molecule has 1 saturated heterocycles. The molecule has 0 aliphatic carbocycles.